The van der Waals surface area contributed by atoms with Crippen LogP contribution < -0.4 is 20.7 Å². The third kappa shape index (κ3) is 4.59. The number of rotatable bonds is 5. The van der Waals surface area contributed by atoms with Crippen LogP contribution in [0.1, 0.15) is 42.4 Å². The summed E-state index contributed by atoms with van der Waals surface area (Å²) < 4.78 is 7.39. The highest BCUT2D eigenvalue weighted by Gasteiger charge is 2.27. The summed E-state index contributed by atoms with van der Waals surface area (Å²) in [6, 6.07) is 9.41. The lowest BCUT2D eigenvalue weighted by molar-refractivity contribution is 0.413. The summed E-state index contributed by atoms with van der Waals surface area (Å²) >= 11 is 0. The van der Waals surface area contributed by atoms with Crippen LogP contribution >= 0.6 is 0 Å². The van der Waals surface area contributed by atoms with Gasteiger partial charge in [0.2, 0.25) is 0 Å². The van der Waals surface area contributed by atoms with E-state index in [-0.39, 0.29) is 0 Å². The van der Waals surface area contributed by atoms with E-state index in [0.29, 0.717) is 17.5 Å². The molecule has 5 rings (SSSR count). The van der Waals surface area contributed by atoms with Gasteiger partial charge in [0.05, 0.1) is 18.2 Å². The number of fused-ring (bicyclic) bond motifs is 1. The Bertz CT molecular complexity index is 1290. The third-order valence-corrected chi connectivity index (χ3v) is 6.66. The molecule has 1 saturated carbocycles. The first-order valence-electron chi connectivity index (χ1n) is 11.9. The van der Waals surface area contributed by atoms with Crippen molar-refractivity contribution in [3.63, 3.8) is 0 Å². The molecule has 2 aliphatic rings. The van der Waals surface area contributed by atoms with Crippen LogP contribution in [0.3, 0.4) is 0 Å². The molecule has 176 valence electrons. The quantitative estimate of drug-likeness (QED) is 0.350. The average Bonchev–Trinajstić information content (AvgIpc) is 3.56. The first-order chi connectivity index (χ1) is 16.6. The van der Waals surface area contributed by atoms with Crippen LogP contribution in [0.25, 0.3) is 10.9 Å². The number of ether oxygens (including phenoxy) is 1. The monoisotopic (exact) mass is 456 g/mol. The molecule has 0 radical (unpaired) electrons. The van der Waals surface area contributed by atoms with Crippen molar-refractivity contribution in [1.82, 2.24) is 15.1 Å². The third-order valence-electron chi connectivity index (χ3n) is 6.66. The molecule has 2 heterocycles. The Morgan fingerprint density at radius 3 is 2.56 bits per heavy atom. The fraction of sp³-hybridized carbons (Fsp3) is 0.407. The molecule has 2 aromatic carbocycles. The van der Waals surface area contributed by atoms with E-state index >= 15 is 0 Å². The first-order valence-corrected chi connectivity index (χ1v) is 11.9. The van der Waals surface area contributed by atoms with Crippen molar-refractivity contribution < 1.29 is 4.74 Å². The molecule has 3 N–H and O–H groups in total. The number of hydrogen-bond acceptors (Lipinski definition) is 6. The minimum Gasteiger partial charge on any atom is -0.495 e. The molecule has 0 unspecified atom stereocenters. The van der Waals surface area contributed by atoms with Gasteiger partial charge in [0.25, 0.3) is 0 Å². The van der Waals surface area contributed by atoms with Gasteiger partial charge in [-0.25, -0.2) is 0 Å². The number of nitrogens with two attached hydrogens (primary N) is 1. The predicted molar refractivity (Wildman–Crippen MR) is 139 cm³/mol. The van der Waals surface area contributed by atoms with Crippen molar-refractivity contribution in [2.24, 2.45) is 12.0 Å². The highest BCUT2D eigenvalue weighted by molar-refractivity contribution is 5.95. The Hall–Kier alpha value is -3.50. The number of aliphatic imine (C=N–C) groups is 1. The standard InChI is InChI=1S/C27H32N6O/c1-29-16-20-14-19(26(34-3)15-24(20)28)5-4-18-6-9-25(23-17-32(2)31-27(18)23)33-12-10-22(11-13-33)30-21-7-8-21/h6,9,14-17,21-22,30H,7-8,10-13,28H2,1-3H3. The van der Waals surface area contributed by atoms with Gasteiger partial charge < -0.3 is 20.7 Å². The Balaban J connectivity index is 1.45. The summed E-state index contributed by atoms with van der Waals surface area (Å²) in [7, 11) is 5.31. The summed E-state index contributed by atoms with van der Waals surface area (Å²) in [6.45, 7) is 2.12. The van der Waals surface area contributed by atoms with Crippen molar-refractivity contribution in [3.05, 3.63) is 47.2 Å². The Kier molecular flexibility index (Phi) is 6.16. The number of anilines is 2. The van der Waals surface area contributed by atoms with Crippen LogP contribution in [-0.4, -0.2) is 55.3 Å². The molecule has 2 fully saturated rings. The van der Waals surface area contributed by atoms with E-state index in [1.807, 2.05) is 17.8 Å². The van der Waals surface area contributed by atoms with Gasteiger partial charge in [0, 0.05) is 80.1 Å². The lowest BCUT2D eigenvalue weighted by Gasteiger charge is -2.34. The van der Waals surface area contributed by atoms with Gasteiger partial charge in [0.15, 0.2) is 0 Å². The van der Waals surface area contributed by atoms with E-state index in [1.54, 1.807) is 26.4 Å². The van der Waals surface area contributed by atoms with Gasteiger partial charge in [-0.15, -0.1) is 0 Å². The molecule has 7 nitrogen and oxygen atoms in total. The molecular formula is C27H32N6O. The average molecular weight is 457 g/mol. The second-order valence-corrected chi connectivity index (χ2v) is 9.22. The van der Waals surface area contributed by atoms with Crippen molar-refractivity contribution in [1.29, 1.82) is 0 Å². The zero-order valence-corrected chi connectivity index (χ0v) is 20.1. The summed E-state index contributed by atoms with van der Waals surface area (Å²) in [4.78, 5) is 6.58. The molecule has 3 aromatic rings. The Morgan fingerprint density at radius 1 is 1.12 bits per heavy atom. The van der Waals surface area contributed by atoms with E-state index in [4.69, 9.17) is 15.6 Å². The zero-order valence-electron chi connectivity index (χ0n) is 20.1. The number of benzene rings is 2. The zero-order chi connectivity index (χ0) is 23.7. The molecule has 1 aliphatic heterocycles. The van der Waals surface area contributed by atoms with Gasteiger partial charge >= 0.3 is 0 Å². The minimum absolute atomic E-state index is 0.612. The fourth-order valence-corrected chi connectivity index (χ4v) is 4.72. The maximum atomic E-state index is 6.12. The van der Waals surface area contributed by atoms with Gasteiger partial charge in [-0.3, -0.25) is 9.67 Å². The molecule has 0 spiro atoms. The summed E-state index contributed by atoms with van der Waals surface area (Å²) in [5.41, 5.74) is 11.4. The molecular weight excluding hydrogens is 424 g/mol. The van der Waals surface area contributed by atoms with E-state index in [2.05, 4.69) is 45.4 Å². The molecule has 1 aliphatic carbocycles. The fourth-order valence-electron chi connectivity index (χ4n) is 4.72. The molecule has 0 amide bonds. The van der Waals surface area contributed by atoms with E-state index in [1.165, 1.54) is 31.4 Å². The Morgan fingerprint density at radius 2 is 1.85 bits per heavy atom. The van der Waals surface area contributed by atoms with E-state index in [0.717, 1.165) is 46.7 Å². The molecule has 1 aromatic heterocycles. The normalized spacial score (nSPS) is 16.7. The SMILES string of the molecule is CN=Cc1cc(C#Cc2ccc(N3CCC(NC4CC4)CC3)c3cn(C)nc23)c(OC)cc1N. The van der Waals surface area contributed by atoms with Crippen molar-refractivity contribution in [2.75, 3.05) is 37.9 Å². The Labute approximate surface area is 201 Å². The van der Waals surface area contributed by atoms with Crippen LogP contribution in [-0.2, 0) is 7.05 Å². The molecule has 34 heavy (non-hydrogen) atoms. The van der Waals surface area contributed by atoms with Crippen molar-refractivity contribution in [2.45, 2.75) is 37.8 Å². The van der Waals surface area contributed by atoms with E-state index in [9.17, 15) is 0 Å². The molecule has 0 atom stereocenters. The highest BCUT2D eigenvalue weighted by Crippen LogP contribution is 2.32. The smallest absolute Gasteiger partial charge is 0.136 e. The lowest BCUT2D eigenvalue weighted by atomic mass is 10.0. The molecule has 1 saturated heterocycles. The minimum atomic E-state index is 0.612. The number of hydrogen-bond donors (Lipinski definition) is 2. The number of aryl methyl sites for hydroxylation is 1. The van der Waals surface area contributed by atoms with E-state index < -0.39 is 0 Å². The highest BCUT2D eigenvalue weighted by atomic mass is 16.5. The summed E-state index contributed by atoms with van der Waals surface area (Å²) in [5, 5.41) is 9.68. The number of piperidine rings is 1. The number of nitrogen functional groups attached to an aromatic ring is 1. The van der Waals surface area contributed by atoms with Crippen LogP contribution in [0.2, 0.25) is 0 Å². The number of aromatic nitrogens is 2. The molecule has 0 bridgehead atoms. The van der Waals surface area contributed by atoms with Crippen LogP contribution in [0.5, 0.6) is 5.75 Å². The van der Waals surface area contributed by atoms with Gasteiger partial charge in [-0.1, -0.05) is 11.8 Å². The van der Waals surface area contributed by atoms with Crippen LogP contribution in [0.4, 0.5) is 11.4 Å². The van der Waals surface area contributed by atoms with Gasteiger partial charge in [-0.05, 0) is 43.9 Å². The van der Waals surface area contributed by atoms with Crippen LogP contribution in [0.15, 0.2) is 35.5 Å². The molecule has 7 heteroatoms. The number of methoxy groups -OCH3 is 1. The summed E-state index contributed by atoms with van der Waals surface area (Å²) in [6.07, 6.45) is 8.88. The summed E-state index contributed by atoms with van der Waals surface area (Å²) in [5.74, 6) is 7.25. The topological polar surface area (TPSA) is 80.7 Å². The van der Waals surface area contributed by atoms with Crippen molar-refractivity contribution in [3.8, 4) is 17.6 Å². The maximum Gasteiger partial charge on any atom is 0.136 e. The largest absolute Gasteiger partial charge is 0.495 e. The van der Waals surface area contributed by atoms with Gasteiger partial charge in [-0.2, -0.15) is 5.10 Å². The van der Waals surface area contributed by atoms with Crippen molar-refractivity contribution >= 4 is 28.5 Å². The predicted octanol–water partition coefficient (Wildman–Crippen LogP) is 3.33. The first kappa shape index (κ1) is 22.3. The second-order valence-electron chi connectivity index (χ2n) is 9.22. The van der Waals surface area contributed by atoms with Gasteiger partial charge in [0.1, 0.15) is 11.3 Å². The van der Waals surface area contributed by atoms with Crippen LogP contribution in [0, 0.1) is 11.8 Å². The second kappa shape index (κ2) is 9.40. The lowest BCUT2D eigenvalue weighted by Crippen LogP contribution is -2.43. The maximum absolute atomic E-state index is 6.12. The number of nitrogens with zero attached hydrogens (tertiary/aromatic N) is 4. The number of nitrogens with one attached hydrogen (secondary N) is 1.